The highest BCUT2D eigenvalue weighted by Crippen LogP contribution is 2.23. The smallest absolute Gasteiger partial charge is 0.274 e. The number of rotatable bonds is 1. The molecule has 2 heterocycles. The van der Waals surface area contributed by atoms with E-state index in [-0.39, 0.29) is 11.6 Å². The van der Waals surface area contributed by atoms with Crippen LogP contribution in [-0.2, 0) is 0 Å². The molecule has 0 radical (unpaired) electrons. The minimum atomic E-state index is -0.0550. The molecule has 4 nitrogen and oxygen atoms in total. The van der Waals surface area contributed by atoms with Crippen molar-refractivity contribution in [3.63, 3.8) is 0 Å². The fraction of sp³-hybridized carbons (Fsp3) is 0.357. The molecule has 3 rings (SSSR count). The number of hydrogen-bond acceptors (Lipinski definition) is 3. The second kappa shape index (κ2) is 4.46. The predicted octanol–water partition coefficient (Wildman–Crippen LogP) is 1.51. The number of nitrogens with two attached hydrogens (primary N) is 1. The summed E-state index contributed by atoms with van der Waals surface area (Å²) >= 11 is 0. The van der Waals surface area contributed by atoms with Gasteiger partial charge in [-0.3, -0.25) is 4.79 Å². The highest BCUT2D eigenvalue weighted by atomic mass is 16.1. The quantitative estimate of drug-likeness (QED) is 0.798. The number of piperidine rings is 1. The average Bonchev–Trinajstić information content (AvgIpc) is 2.41. The van der Waals surface area contributed by atoms with Crippen molar-refractivity contribution in [2.24, 2.45) is 0 Å². The van der Waals surface area contributed by atoms with Gasteiger partial charge in [0, 0.05) is 11.4 Å². The Kier molecular flexibility index (Phi) is 2.80. The van der Waals surface area contributed by atoms with E-state index in [9.17, 15) is 4.79 Å². The lowest BCUT2D eigenvalue weighted by Gasteiger charge is -2.26. The van der Waals surface area contributed by atoms with Gasteiger partial charge < -0.3 is 15.6 Å². The molecule has 1 aliphatic rings. The fourth-order valence-electron chi connectivity index (χ4n) is 2.73. The Hall–Kier alpha value is -1.81. The lowest BCUT2D eigenvalue weighted by Crippen LogP contribution is -2.35. The number of fused-ring (bicyclic) bond motifs is 1. The highest BCUT2D eigenvalue weighted by molar-refractivity contribution is 5.81. The van der Waals surface area contributed by atoms with Crippen molar-refractivity contribution in [1.29, 1.82) is 0 Å². The summed E-state index contributed by atoms with van der Waals surface area (Å²) in [6, 6.07) is 9.97. The van der Waals surface area contributed by atoms with Gasteiger partial charge in [0.15, 0.2) is 0 Å². The van der Waals surface area contributed by atoms with E-state index in [0.29, 0.717) is 5.69 Å². The fourth-order valence-corrected chi connectivity index (χ4v) is 2.73. The third-order valence-electron chi connectivity index (χ3n) is 3.65. The van der Waals surface area contributed by atoms with Crippen molar-refractivity contribution in [3.8, 4) is 0 Å². The van der Waals surface area contributed by atoms with Crippen LogP contribution in [0.15, 0.2) is 35.1 Å². The zero-order chi connectivity index (χ0) is 12.5. The molecule has 0 atom stereocenters. The molecule has 4 heteroatoms. The second-order valence-corrected chi connectivity index (χ2v) is 4.81. The van der Waals surface area contributed by atoms with E-state index in [2.05, 4.69) is 5.32 Å². The average molecular weight is 243 g/mol. The Labute approximate surface area is 105 Å². The number of benzene rings is 1. The first kappa shape index (κ1) is 11.3. The molecule has 2 aromatic rings. The number of nitrogen functional groups attached to an aromatic ring is 1. The van der Waals surface area contributed by atoms with Gasteiger partial charge in [0.2, 0.25) is 0 Å². The third kappa shape index (κ3) is 1.78. The largest absolute Gasteiger partial charge is 0.394 e. The zero-order valence-corrected chi connectivity index (χ0v) is 10.2. The van der Waals surface area contributed by atoms with Crippen molar-refractivity contribution < 1.29 is 0 Å². The number of pyridine rings is 1. The van der Waals surface area contributed by atoms with Gasteiger partial charge in [-0.15, -0.1) is 0 Å². The summed E-state index contributed by atoms with van der Waals surface area (Å²) in [5.74, 6) is 0. The van der Waals surface area contributed by atoms with Crippen LogP contribution >= 0.6 is 0 Å². The Morgan fingerprint density at radius 1 is 1.22 bits per heavy atom. The van der Waals surface area contributed by atoms with Crippen LogP contribution in [0.4, 0.5) is 5.69 Å². The van der Waals surface area contributed by atoms with Crippen LogP contribution in [0, 0.1) is 0 Å². The van der Waals surface area contributed by atoms with Gasteiger partial charge in [0.25, 0.3) is 5.56 Å². The van der Waals surface area contributed by atoms with Gasteiger partial charge in [-0.05, 0) is 38.1 Å². The zero-order valence-electron chi connectivity index (χ0n) is 10.2. The predicted molar refractivity (Wildman–Crippen MR) is 73.8 cm³/mol. The van der Waals surface area contributed by atoms with Crippen LogP contribution in [0.3, 0.4) is 0 Å². The topological polar surface area (TPSA) is 60.0 Å². The van der Waals surface area contributed by atoms with E-state index in [1.807, 2.05) is 28.8 Å². The van der Waals surface area contributed by atoms with Gasteiger partial charge >= 0.3 is 0 Å². The third-order valence-corrected chi connectivity index (χ3v) is 3.65. The second-order valence-electron chi connectivity index (χ2n) is 4.81. The van der Waals surface area contributed by atoms with E-state index in [4.69, 9.17) is 5.73 Å². The first-order valence-electron chi connectivity index (χ1n) is 6.38. The monoisotopic (exact) mass is 243 g/mol. The molecule has 3 N–H and O–H groups in total. The molecule has 1 saturated heterocycles. The number of anilines is 1. The molecule has 1 aromatic carbocycles. The summed E-state index contributed by atoms with van der Waals surface area (Å²) < 4.78 is 1.88. The van der Waals surface area contributed by atoms with Crippen LogP contribution in [0.25, 0.3) is 10.9 Å². The first-order valence-corrected chi connectivity index (χ1v) is 6.38. The van der Waals surface area contributed by atoms with E-state index in [0.717, 1.165) is 36.8 Å². The molecule has 18 heavy (non-hydrogen) atoms. The first-order chi connectivity index (χ1) is 8.77. The van der Waals surface area contributed by atoms with Gasteiger partial charge in [0.1, 0.15) is 0 Å². The summed E-state index contributed by atoms with van der Waals surface area (Å²) in [4.78, 5) is 12.3. The Morgan fingerprint density at radius 3 is 2.72 bits per heavy atom. The summed E-state index contributed by atoms with van der Waals surface area (Å²) in [6.45, 7) is 1.92. The molecule has 0 bridgehead atoms. The number of nitrogens with one attached hydrogen (secondary N) is 1. The minimum Gasteiger partial charge on any atom is -0.394 e. The molecule has 0 aliphatic carbocycles. The minimum absolute atomic E-state index is 0.0550. The number of hydrogen-bond donors (Lipinski definition) is 2. The highest BCUT2D eigenvalue weighted by Gasteiger charge is 2.18. The summed E-state index contributed by atoms with van der Waals surface area (Å²) in [7, 11) is 0. The van der Waals surface area contributed by atoms with Crippen LogP contribution in [-0.4, -0.2) is 17.7 Å². The summed E-state index contributed by atoms with van der Waals surface area (Å²) in [5, 5.41) is 4.36. The lowest BCUT2D eigenvalue weighted by molar-refractivity contribution is 0.369. The SMILES string of the molecule is Nc1cc2ccccc2n(C2CCNCC2)c1=O. The Morgan fingerprint density at radius 2 is 1.94 bits per heavy atom. The van der Waals surface area contributed by atoms with E-state index < -0.39 is 0 Å². The van der Waals surface area contributed by atoms with Crippen molar-refractivity contribution in [3.05, 3.63) is 40.7 Å². The van der Waals surface area contributed by atoms with Crippen molar-refractivity contribution in [2.75, 3.05) is 18.8 Å². The van der Waals surface area contributed by atoms with Crippen LogP contribution in [0.2, 0.25) is 0 Å². The van der Waals surface area contributed by atoms with Gasteiger partial charge in [-0.2, -0.15) is 0 Å². The van der Waals surface area contributed by atoms with Gasteiger partial charge in [0.05, 0.1) is 11.2 Å². The molecule has 0 saturated carbocycles. The molecule has 0 unspecified atom stereocenters. The normalized spacial score (nSPS) is 17.1. The standard InChI is InChI=1S/C14H17N3O/c15-12-9-10-3-1-2-4-13(10)17(14(12)18)11-5-7-16-8-6-11/h1-4,9,11,16H,5-8,15H2. The molecule has 1 fully saturated rings. The molecular formula is C14H17N3O. The van der Waals surface area contributed by atoms with Crippen LogP contribution in [0.1, 0.15) is 18.9 Å². The van der Waals surface area contributed by atoms with Gasteiger partial charge in [-0.1, -0.05) is 18.2 Å². The van der Waals surface area contributed by atoms with E-state index in [1.165, 1.54) is 0 Å². The van der Waals surface area contributed by atoms with E-state index >= 15 is 0 Å². The molecule has 1 aromatic heterocycles. The molecule has 94 valence electrons. The summed E-state index contributed by atoms with van der Waals surface area (Å²) in [6.07, 6.45) is 1.96. The number of para-hydroxylation sites is 1. The van der Waals surface area contributed by atoms with Crippen molar-refractivity contribution >= 4 is 16.6 Å². The molecule has 0 amide bonds. The van der Waals surface area contributed by atoms with Crippen molar-refractivity contribution in [1.82, 2.24) is 9.88 Å². The molecular weight excluding hydrogens is 226 g/mol. The maximum Gasteiger partial charge on any atom is 0.274 e. The number of nitrogens with zero attached hydrogens (tertiary/aromatic N) is 1. The van der Waals surface area contributed by atoms with Crippen molar-refractivity contribution in [2.45, 2.75) is 18.9 Å². The summed E-state index contributed by atoms with van der Waals surface area (Å²) in [5.41, 5.74) is 7.12. The molecule has 1 aliphatic heterocycles. The van der Waals surface area contributed by atoms with Crippen LogP contribution < -0.4 is 16.6 Å². The van der Waals surface area contributed by atoms with E-state index in [1.54, 1.807) is 6.07 Å². The maximum atomic E-state index is 12.3. The number of aromatic nitrogens is 1. The Bertz CT molecular complexity index is 626. The van der Waals surface area contributed by atoms with Gasteiger partial charge in [-0.25, -0.2) is 0 Å². The maximum absolute atomic E-state index is 12.3. The lowest BCUT2D eigenvalue weighted by atomic mass is 10.0. The van der Waals surface area contributed by atoms with Crippen LogP contribution in [0.5, 0.6) is 0 Å². The molecule has 0 spiro atoms. The Balaban J connectivity index is 2.24.